The predicted molar refractivity (Wildman–Crippen MR) is 225 cm³/mol. The highest BCUT2D eigenvalue weighted by Gasteiger charge is 2.16. The van der Waals surface area contributed by atoms with Crippen LogP contribution in [0.15, 0.2) is 200 Å². The molecule has 0 fully saturated rings. The van der Waals surface area contributed by atoms with Gasteiger partial charge in [0, 0.05) is 38.4 Å². The third kappa shape index (κ3) is 5.78. The molecule has 0 radical (unpaired) electrons. The Kier molecular flexibility index (Phi) is 7.81. The maximum Gasteiger partial charge on any atom is 0.160 e. The Bertz CT molecular complexity index is 2940. The van der Waals surface area contributed by atoms with Gasteiger partial charge in [-0.15, -0.1) is 0 Å². The van der Waals surface area contributed by atoms with Crippen molar-refractivity contribution in [3.05, 3.63) is 200 Å². The first-order chi connectivity index (χ1) is 26.7. The van der Waals surface area contributed by atoms with Crippen LogP contribution < -0.4 is 0 Å². The number of rotatable bonds is 6. The Balaban J connectivity index is 1.09. The van der Waals surface area contributed by atoms with E-state index < -0.39 is 0 Å². The second kappa shape index (κ2) is 13.4. The smallest absolute Gasteiger partial charge is 0.160 e. The summed E-state index contributed by atoms with van der Waals surface area (Å²) >= 11 is 0. The summed E-state index contributed by atoms with van der Waals surface area (Å²) in [4.78, 5) is 15.5. The lowest BCUT2D eigenvalue weighted by atomic mass is 9.93. The highest BCUT2D eigenvalue weighted by atomic mass is 14.9. The first kappa shape index (κ1) is 31.5. The third-order valence-corrected chi connectivity index (χ3v) is 10.3. The molecule has 3 nitrogen and oxygen atoms in total. The molecule has 2 aromatic heterocycles. The average Bonchev–Trinajstić information content (AvgIpc) is 3.26. The molecule has 2 heterocycles. The fraction of sp³-hybridized carbons (Fsp3) is 0. The van der Waals surface area contributed by atoms with E-state index in [0.717, 1.165) is 55.6 Å². The van der Waals surface area contributed by atoms with Gasteiger partial charge in [-0.05, 0) is 51.2 Å². The highest BCUT2D eigenvalue weighted by molar-refractivity contribution is 6.22. The molecule has 0 amide bonds. The van der Waals surface area contributed by atoms with Gasteiger partial charge < -0.3 is 0 Å². The molecule has 0 saturated carbocycles. The normalized spacial score (nSPS) is 11.3. The lowest BCUT2D eigenvalue weighted by Crippen LogP contribution is -1.96. The maximum atomic E-state index is 5.33. The molecular formula is C51H33N3. The Labute approximate surface area is 313 Å². The van der Waals surface area contributed by atoms with Gasteiger partial charge in [-0.3, -0.25) is 0 Å². The summed E-state index contributed by atoms with van der Waals surface area (Å²) in [7, 11) is 0. The third-order valence-electron chi connectivity index (χ3n) is 10.3. The van der Waals surface area contributed by atoms with Crippen LogP contribution in [0.2, 0.25) is 0 Å². The monoisotopic (exact) mass is 687 g/mol. The van der Waals surface area contributed by atoms with Crippen LogP contribution in [0.3, 0.4) is 0 Å². The summed E-state index contributed by atoms with van der Waals surface area (Å²) in [5, 5.41) is 5.95. The SMILES string of the molecule is c1ccc(-c2ccc(-c3cc(-c4ccc(-c5nc6ccc(-c7ccccc7)cc6c6c5ccc5ccccc56)cc4)nc(-c4ccccc4)n3)cc2)cc1. The molecule has 0 atom stereocenters. The molecule has 252 valence electrons. The molecular weight excluding hydrogens is 655 g/mol. The molecule has 0 unspecified atom stereocenters. The Morgan fingerprint density at radius 3 is 1.43 bits per heavy atom. The summed E-state index contributed by atoms with van der Waals surface area (Å²) in [6.07, 6.45) is 0. The summed E-state index contributed by atoms with van der Waals surface area (Å²) in [5.74, 6) is 0.697. The van der Waals surface area contributed by atoms with E-state index in [1.807, 2.05) is 24.3 Å². The van der Waals surface area contributed by atoms with Gasteiger partial charge in [-0.1, -0.05) is 182 Å². The molecule has 0 spiro atoms. The van der Waals surface area contributed by atoms with Crippen LogP contribution in [0, 0.1) is 0 Å². The molecule has 0 aliphatic rings. The number of benzene rings is 8. The standard InChI is InChI=1S/C51H33N3/c1-4-12-34(13-5-1)36-20-22-38(23-21-36)47-33-48(54-51(53-47)41-17-8-3-9-18-41)39-24-26-40(27-25-39)50-44-30-28-37-16-10-11-19-43(37)49(44)45-32-42(29-31-46(45)52-50)35-14-6-2-7-15-35/h1-33H. The van der Waals surface area contributed by atoms with Gasteiger partial charge >= 0.3 is 0 Å². The van der Waals surface area contributed by atoms with Gasteiger partial charge in [0.05, 0.1) is 22.6 Å². The zero-order chi connectivity index (χ0) is 35.8. The molecule has 10 rings (SSSR count). The minimum atomic E-state index is 0.697. The van der Waals surface area contributed by atoms with E-state index >= 15 is 0 Å². The summed E-state index contributed by atoms with van der Waals surface area (Å²) < 4.78 is 0. The van der Waals surface area contributed by atoms with Crippen LogP contribution in [0.25, 0.3) is 99.9 Å². The molecule has 0 aliphatic carbocycles. The number of hydrogen-bond acceptors (Lipinski definition) is 3. The molecule has 54 heavy (non-hydrogen) atoms. The van der Waals surface area contributed by atoms with E-state index in [0.29, 0.717) is 5.82 Å². The van der Waals surface area contributed by atoms with Gasteiger partial charge in [0.1, 0.15) is 0 Å². The average molecular weight is 688 g/mol. The first-order valence-electron chi connectivity index (χ1n) is 18.3. The fourth-order valence-electron chi connectivity index (χ4n) is 7.53. The number of fused-ring (bicyclic) bond motifs is 5. The van der Waals surface area contributed by atoms with Gasteiger partial charge in [0.15, 0.2) is 5.82 Å². The molecule has 0 bridgehead atoms. The number of aromatic nitrogens is 3. The lowest BCUT2D eigenvalue weighted by molar-refractivity contribution is 1.18. The molecule has 0 saturated heterocycles. The van der Waals surface area contributed by atoms with Crippen LogP contribution in [0.5, 0.6) is 0 Å². The van der Waals surface area contributed by atoms with Crippen molar-refractivity contribution in [3.63, 3.8) is 0 Å². The fourth-order valence-corrected chi connectivity index (χ4v) is 7.53. The molecule has 0 N–H and O–H groups in total. The highest BCUT2D eigenvalue weighted by Crippen LogP contribution is 2.39. The van der Waals surface area contributed by atoms with Gasteiger partial charge in [-0.2, -0.15) is 0 Å². The van der Waals surface area contributed by atoms with Crippen molar-refractivity contribution in [2.75, 3.05) is 0 Å². The van der Waals surface area contributed by atoms with E-state index in [9.17, 15) is 0 Å². The zero-order valence-corrected chi connectivity index (χ0v) is 29.4. The quantitative estimate of drug-likeness (QED) is 0.163. The van der Waals surface area contributed by atoms with Crippen molar-refractivity contribution >= 4 is 32.4 Å². The Morgan fingerprint density at radius 1 is 0.278 bits per heavy atom. The lowest BCUT2D eigenvalue weighted by Gasteiger charge is -2.14. The van der Waals surface area contributed by atoms with Crippen LogP contribution in [-0.4, -0.2) is 15.0 Å². The Hall–Kier alpha value is -7.23. The van der Waals surface area contributed by atoms with E-state index in [4.69, 9.17) is 15.0 Å². The second-order valence-corrected chi connectivity index (χ2v) is 13.6. The van der Waals surface area contributed by atoms with Crippen LogP contribution in [0.1, 0.15) is 0 Å². The number of pyridine rings is 1. The largest absolute Gasteiger partial charge is 0.247 e. The van der Waals surface area contributed by atoms with Gasteiger partial charge in [0.25, 0.3) is 0 Å². The summed E-state index contributed by atoms with van der Waals surface area (Å²) in [6, 6.07) is 70.3. The van der Waals surface area contributed by atoms with Crippen LogP contribution >= 0.6 is 0 Å². The maximum absolute atomic E-state index is 5.33. The van der Waals surface area contributed by atoms with Crippen LogP contribution in [0.4, 0.5) is 0 Å². The second-order valence-electron chi connectivity index (χ2n) is 13.6. The zero-order valence-electron chi connectivity index (χ0n) is 29.4. The molecule has 8 aromatic carbocycles. The van der Waals surface area contributed by atoms with E-state index in [2.05, 4.69) is 176 Å². The predicted octanol–water partition coefficient (Wildman–Crippen LogP) is 13.3. The number of hydrogen-bond donors (Lipinski definition) is 0. The van der Waals surface area contributed by atoms with Crippen molar-refractivity contribution < 1.29 is 0 Å². The summed E-state index contributed by atoms with van der Waals surface area (Å²) in [5.41, 5.74) is 12.5. The molecule has 3 heteroatoms. The van der Waals surface area contributed by atoms with Crippen LogP contribution in [-0.2, 0) is 0 Å². The van der Waals surface area contributed by atoms with E-state index in [1.54, 1.807) is 0 Å². The van der Waals surface area contributed by atoms with Crippen molar-refractivity contribution in [1.82, 2.24) is 15.0 Å². The van der Waals surface area contributed by atoms with Crippen molar-refractivity contribution in [2.45, 2.75) is 0 Å². The molecule has 0 aliphatic heterocycles. The van der Waals surface area contributed by atoms with Crippen molar-refractivity contribution in [2.24, 2.45) is 0 Å². The van der Waals surface area contributed by atoms with Crippen molar-refractivity contribution in [1.29, 1.82) is 0 Å². The molecule has 10 aromatic rings. The minimum absolute atomic E-state index is 0.697. The van der Waals surface area contributed by atoms with Gasteiger partial charge in [0.2, 0.25) is 0 Å². The first-order valence-corrected chi connectivity index (χ1v) is 18.3. The van der Waals surface area contributed by atoms with E-state index in [-0.39, 0.29) is 0 Å². The Morgan fingerprint density at radius 2 is 0.778 bits per heavy atom. The van der Waals surface area contributed by atoms with Crippen molar-refractivity contribution in [3.8, 4) is 67.4 Å². The topological polar surface area (TPSA) is 38.7 Å². The number of nitrogens with zero attached hydrogens (tertiary/aromatic N) is 3. The minimum Gasteiger partial charge on any atom is -0.247 e. The van der Waals surface area contributed by atoms with E-state index in [1.165, 1.54) is 38.4 Å². The van der Waals surface area contributed by atoms with Gasteiger partial charge in [-0.25, -0.2) is 15.0 Å². The summed E-state index contributed by atoms with van der Waals surface area (Å²) in [6.45, 7) is 0.